The second-order valence-electron chi connectivity index (χ2n) is 4.61. The van der Waals surface area contributed by atoms with E-state index < -0.39 is 0 Å². The Kier molecular flexibility index (Phi) is 4.64. The van der Waals surface area contributed by atoms with Crippen molar-refractivity contribution in [1.29, 1.82) is 0 Å². The Morgan fingerprint density at radius 3 is 2.75 bits per heavy atom. The lowest BCUT2D eigenvalue weighted by Crippen LogP contribution is -2.20. The van der Waals surface area contributed by atoms with Crippen molar-refractivity contribution in [3.63, 3.8) is 0 Å². The zero-order chi connectivity index (χ0) is 14.5. The summed E-state index contributed by atoms with van der Waals surface area (Å²) < 4.78 is 5.39. The predicted molar refractivity (Wildman–Crippen MR) is 81.5 cm³/mol. The Balaban J connectivity index is 1.94. The molecule has 2 aromatic rings. The molecule has 3 nitrogen and oxygen atoms in total. The molecule has 0 aliphatic heterocycles. The van der Waals surface area contributed by atoms with Crippen LogP contribution < -0.4 is 10.1 Å². The SMILES string of the molecule is Cc1ccc(C)c(NC(=O)COc2cccc(Cl)c2)c1. The summed E-state index contributed by atoms with van der Waals surface area (Å²) in [5.41, 5.74) is 2.93. The zero-order valence-electron chi connectivity index (χ0n) is 11.4. The van der Waals surface area contributed by atoms with Gasteiger partial charge in [-0.25, -0.2) is 0 Å². The molecule has 20 heavy (non-hydrogen) atoms. The molecule has 0 aromatic heterocycles. The number of benzene rings is 2. The average molecular weight is 290 g/mol. The lowest BCUT2D eigenvalue weighted by molar-refractivity contribution is -0.118. The van der Waals surface area contributed by atoms with Crippen LogP contribution in [0, 0.1) is 13.8 Å². The van der Waals surface area contributed by atoms with Crippen LogP contribution in [0.25, 0.3) is 0 Å². The molecule has 0 unspecified atom stereocenters. The number of ether oxygens (including phenoxy) is 1. The van der Waals surface area contributed by atoms with E-state index >= 15 is 0 Å². The molecule has 0 saturated heterocycles. The van der Waals surface area contributed by atoms with E-state index in [4.69, 9.17) is 16.3 Å². The molecular formula is C16H16ClNO2. The molecule has 0 bridgehead atoms. The molecule has 0 radical (unpaired) electrons. The van der Waals surface area contributed by atoms with Crippen molar-refractivity contribution in [3.05, 3.63) is 58.6 Å². The lowest BCUT2D eigenvalue weighted by atomic mass is 10.1. The molecule has 0 aliphatic carbocycles. The number of amides is 1. The van der Waals surface area contributed by atoms with Gasteiger partial charge < -0.3 is 10.1 Å². The summed E-state index contributed by atoms with van der Waals surface area (Å²) in [5, 5.41) is 3.42. The molecule has 0 aliphatic rings. The van der Waals surface area contributed by atoms with Crippen LogP contribution in [0.3, 0.4) is 0 Å². The van der Waals surface area contributed by atoms with E-state index in [9.17, 15) is 4.79 Å². The Morgan fingerprint density at radius 1 is 1.20 bits per heavy atom. The highest BCUT2D eigenvalue weighted by atomic mass is 35.5. The van der Waals surface area contributed by atoms with E-state index in [-0.39, 0.29) is 12.5 Å². The van der Waals surface area contributed by atoms with Gasteiger partial charge in [0.1, 0.15) is 5.75 Å². The van der Waals surface area contributed by atoms with E-state index in [0.717, 1.165) is 16.8 Å². The molecule has 0 heterocycles. The maximum absolute atomic E-state index is 11.9. The van der Waals surface area contributed by atoms with Gasteiger partial charge in [-0.05, 0) is 49.2 Å². The Labute approximate surface area is 123 Å². The van der Waals surface area contributed by atoms with E-state index in [0.29, 0.717) is 10.8 Å². The molecule has 2 rings (SSSR count). The smallest absolute Gasteiger partial charge is 0.262 e. The molecule has 1 N–H and O–H groups in total. The Bertz CT molecular complexity index is 626. The summed E-state index contributed by atoms with van der Waals surface area (Å²) in [6.45, 7) is 3.89. The largest absolute Gasteiger partial charge is 0.484 e. The number of aryl methyl sites for hydroxylation is 2. The number of carbonyl (C=O) groups is 1. The average Bonchev–Trinajstić information content (AvgIpc) is 2.41. The number of nitrogens with one attached hydrogen (secondary N) is 1. The minimum absolute atomic E-state index is 0.0479. The molecule has 1 amide bonds. The van der Waals surface area contributed by atoms with Crippen LogP contribution in [-0.4, -0.2) is 12.5 Å². The Morgan fingerprint density at radius 2 is 2.00 bits per heavy atom. The van der Waals surface area contributed by atoms with Crippen LogP contribution in [0.1, 0.15) is 11.1 Å². The molecule has 2 aromatic carbocycles. The molecule has 4 heteroatoms. The van der Waals surface area contributed by atoms with E-state index in [1.54, 1.807) is 24.3 Å². The third kappa shape index (κ3) is 4.00. The third-order valence-electron chi connectivity index (χ3n) is 2.83. The van der Waals surface area contributed by atoms with Crippen LogP contribution in [0.5, 0.6) is 5.75 Å². The van der Waals surface area contributed by atoms with Crippen LogP contribution in [0.4, 0.5) is 5.69 Å². The second-order valence-corrected chi connectivity index (χ2v) is 5.05. The summed E-state index contributed by atoms with van der Waals surface area (Å²) in [7, 11) is 0. The van der Waals surface area contributed by atoms with Gasteiger partial charge in [0.15, 0.2) is 6.61 Å². The molecule has 0 spiro atoms. The third-order valence-corrected chi connectivity index (χ3v) is 3.07. The van der Waals surface area contributed by atoms with Gasteiger partial charge in [-0.2, -0.15) is 0 Å². The fourth-order valence-electron chi connectivity index (χ4n) is 1.76. The van der Waals surface area contributed by atoms with Crippen LogP contribution in [0.15, 0.2) is 42.5 Å². The van der Waals surface area contributed by atoms with Crippen molar-refractivity contribution in [3.8, 4) is 5.75 Å². The van der Waals surface area contributed by atoms with Gasteiger partial charge in [0.05, 0.1) is 0 Å². The second kappa shape index (κ2) is 6.44. The van der Waals surface area contributed by atoms with Crippen molar-refractivity contribution < 1.29 is 9.53 Å². The monoisotopic (exact) mass is 289 g/mol. The van der Waals surface area contributed by atoms with Crippen molar-refractivity contribution in [2.75, 3.05) is 11.9 Å². The van der Waals surface area contributed by atoms with Crippen LogP contribution in [0.2, 0.25) is 5.02 Å². The van der Waals surface area contributed by atoms with E-state index in [2.05, 4.69) is 5.32 Å². The first kappa shape index (κ1) is 14.4. The van der Waals surface area contributed by atoms with Gasteiger partial charge in [0, 0.05) is 10.7 Å². The molecular weight excluding hydrogens is 274 g/mol. The number of halogens is 1. The quantitative estimate of drug-likeness (QED) is 0.925. The fraction of sp³-hybridized carbons (Fsp3) is 0.188. The number of anilines is 1. The molecule has 0 saturated carbocycles. The summed E-state index contributed by atoms with van der Waals surface area (Å²) >= 11 is 5.85. The summed E-state index contributed by atoms with van der Waals surface area (Å²) in [5.74, 6) is 0.382. The summed E-state index contributed by atoms with van der Waals surface area (Å²) in [4.78, 5) is 11.9. The van der Waals surface area contributed by atoms with Crippen LogP contribution >= 0.6 is 11.6 Å². The number of carbonyl (C=O) groups excluding carboxylic acids is 1. The van der Waals surface area contributed by atoms with Crippen molar-refractivity contribution in [2.24, 2.45) is 0 Å². The van der Waals surface area contributed by atoms with Crippen LogP contribution in [-0.2, 0) is 4.79 Å². The number of hydrogen-bond acceptors (Lipinski definition) is 2. The van der Waals surface area contributed by atoms with Gasteiger partial charge in [-0.1, -0.05) is 29.8 Å². The first-order chi connectivity index (χ1) is 9.54. The highest BCUT2D eigenvalue weighted by Gasteiger charge is 2.06. The fourth-order valence-corrected chi connectivity index (χ4v) is 1.94. The molecule has 0 atom stereocenters. The maximum atomic E-state index is 11.9. The van der Waals surface area contributed by atoms with Crippen molar-refractivity contribution in [2.45, 2.75) is 13.8 Å². The van der Waals surface area contributed by atoms with Gasteiger partial charge in [-0.3, -0.25) is 4.79 Å². The first-order valence-electron chi connectivity index (χ1n) is 6.30. The van der Waals surface area contributed by atoms with Gasteiger partial charge >= 0.3 is 0 Å². The predicted octanol–water partition coefficient (Wildman–Crippen LogP) is 3.97. The minimum Gasteiger partial charge on any atom is -0.484 e. The minimum atomic E-state index is -0.196. The topological polar surface area (TPSA) is 38.3 Å². The lowest BCUT2D eigenvalue weighted by Gasteiger charge is -2.10. The molecule has 104 valence electrons. The molecule has 0 fully saturated rings. The summed E-state index contributed by atoms with van der Waals surface area (Å²) in [6.07, 6.45) is 0. The van der Waals surface area contributed by atoms with Gasteiger partial charge in [-0.15, -0.1) is 0 Å². The highest BCUT2D eigenvalue weighted by molar-refractivity contribution is 6.30. The van der Waals surface area contributed by atoms with Gasteiger partial charge in [0.2, 0.25) is 0 Å². The number of hydrogen-bond donors (Lipinski definition) is 1. The standard InChI is InChI=1S/C16H16ClNO2/c1-11-6-7-12(2)15(8-11)18-16(19)10-20-14-5-3-4-13(17)9-14/h3-9H,10H2,1-2H3,(H,18,19). The first-order valence-corrected chi connectivity index (χ1v) is 6.68. The van der Waals surface area contributed by atoms with E-state index in [1.165, 1.54) is 0 Å². The zero-order valence-corrected chi connectivity index (χ0v) is 12.2. The van der Waals surface area contributed by atoms with Crippen molar-refractivity contribution in [1.82, 2.24) is 0 Å². The Hall–Kier alpha value is -2.00. The van der Waals surface area contributed by atoms with E-state index in [1.807, 2.05) is 32.0 Å². The number of rotatable bonds is 4. The van der Waals surface area contributed by atoms with Crippen molar-refractivity contribution >= 4 is 23.2 Å². The highest BCUT2D eigenvalue weighted by Crippen LogP contribution is 2.18. The normalized spacial score (nSPS) is 10.2. The van der Waals surface area contributed by atoms with Gasteiger partial charge in [0.25, 0.3) is 5.91 Å². The summed E-state index contributed by atoms with van der Waals surface area (Å²) in [6, 6.07) is 12.9. The maximum Gasteiger partial charge on any atom is 0.262 e.